The average Bonchev–Trinajstić information content (AvgIpc) is 3.17. The van der Waals surface area contributed by atoms with Gasteiger partial charge in [0.05, 0.1) is 26.6 Å². The fraction of sp³-hybridized carbons (Fsp3) is 0.368. The summed E-state index contributed by atoms with van der Waals surface area (Å²) in [5.41, 5.74) is 12.2. The number of carbonyl (C=O) groups is 1. The predicted molar refractivity (Wildman–Crippen MR) is 122 cm³/mol. The molecule has 1 saturated carbocycles. The molecule has 0 radical (unpaired) electrons. The van der Waals surface area contributed by atoms with Gasteiger partial charge in [0, 0.05) is 10.5 Å². The lowest BCUT2D eigenvalue weighted by Gasteiger charge is -2.36. The Bertz CT molecular complexity index is 1200. The third-order valence-electron chi connectivity index (χ3n) is 5.08. The number of methoxy groups -OCH3 is 1. The molecule has 33 heavy (non-hydrogen) atoms. The molecule has 1 atom stereocenters. The van der Waals surface area contributed by atoms with Crippen molar-refractivity contribution < 1.29 is 27.7 Å². The van der Waals surface area contributed by atoms with E-state index < -0.39 is 20.3 Å². The van der Waals surface area contributed by atoms with E-state index in [0.717, 1.165) is 4.47 Å². The smallest absolute Gasteiger partial charge is 0.479 e. The Labute approximate surface area is 197 Å². The predicted octanol–water partition coefficient (Wildman–Crippen LogP) is 2.84. The maximum absolute atomic E-state index is 13.1. The molecule has 14 heteroatoms. The summed E-state index contributed by atoms with van der Waals surface area (Å²) in [6.07, 6.45) is 3.05. The van der Waals surface area contributed by atoms with Gasteiger partial charge in [0.1, 0.15) is 5.75 Å². The van der Waals surface area contributed by atoms with Gasteiger partial charge in [-0.2, -0.15) is 9.97 Å². The zero-order valence-corrected chi connectivity index (χ0v) is 20.1. The van der Waals surface area contributed by atoms with Crippen molar-refractivity contribution >= 4 is 46.8 Å². The third-order valence-corrected chi connectivity index (χ3v) is 6.94. The summed E-state index contributed by atoms with van der Waals surface area (Å²) >= 11 is 3.31. The van der Waals surface area contributed by atoms with Gasteiger partial charge in [0.2, 0.25) is 11.8 Å². The van der Waals surface area contributed by atoms with Crippen LogP contribution in [0.25, 0.3) is 11.2 Å². The number of nitrogen functional groups attached to an aromatic ring is 1. The van der Waals surface area contributed by atoms with Crippen LogP contribution in [0.15, 0.2) is 35.1 Å². The summed E-state index contributed by atoms with van der Waals surface area (Å²) in [7, 11) is -2.73. The normalized spacial score (nSPS) is 19.5. The topological polar surface area (TPSA) is 167 Å². The lowest BCUT2D eigenvalue weighted by atomic mass is 9.81. The van der Waals surface area contributed by atoms with Crippen LogP contribution in [0.4, 0.5) is 5.95 Å². The molecule has 1 aliphatic rings. The molecule has 4 N–H and O–H groups in total. The lowest BCUT2D eigenvalue weighted by Crippen LogP contribution is -2.30. The molecule has 1 unspecified atom stereocenters. The summed E-state index contributed by atoms with van der Waals surface area (Å²) in [5.74, 6) is -0.213. The minimum atomic E-state index is -4.22. The van der Waals surface area contributed by atoms with Gasteiger partial charge in [0.25, 0.3) is 0 Å². The minimum Gasteiger partial charge on any atom is -0.479 e. The number of carbonyl (C=O) groups excluding carboxylic acids is 1. The first-order chi connectivity index (χ1) is 15.8. The second-order valence-corrected chi connectivity index (χ2v) is 9.80. The van der Waals surface area contributed by atoms with Gasteiger partial charge in [-0.3, -0.25) is 9.32 Å². The van der Waals surface area contributed by atoms with E-state index >= 15 is 0 Å². The van der Waals surface area contributed by atoms with E-state index in [-0.39, 0.29) is 30.3 Å². The van der Waals surface area contributed by atoms with Crippen LogP contribution in [0.5, 0.6) is 11.6 Å². The molecule has 1 fully saturated rings. The summed E-state index contributed by atoms with van der Waals surface area (Å²) in [6, 6.07) is 6.62. The fourth-order valence-corrected chi connectivity index (χ4v) is 4.94. The number of imidazole rings is 1. The van der Waals surface area contributed by atoms with Gasteiger partial charge < -0.3 is 29.8 Å². The molecule has 1 aliphatic carbocycles. The summed E-state index contributed by atoms with van der Waals surface area (Å²) < 4.78 is 36.8. The van der Waals surface area contributed by atoms with Crippen LogP contribution in [-0.4, -0.2) is 45.7 Å². The van der Waals surface area contributed by atoms with E-state index in [1.807, 2.05) is 4.57 Å². The van der Waals surface area contributed by atoms with E-state index in [1.165, 1.54) is 7.11 Å². The van der Waals surface area contributed by atoms with Crippen LogP contribution in [0.2, 0.25) is 0 Å². The van der Waals surface area contributed by atoms with Crippen LogP contribution >= 0.6 is 23.8 Å². The largest absolute Gasteiger partial charge is 0.589 e. The van der Waals surface area contributed by atoms with E-state index in [1.54, 1.807) is 30.6 Å². The molecular formula is C19H22BrN6O6P. The number of rotatable bonds is 9. The monoisotopic (exact) mass is 540 g/mol. The molecule has 2 aromatic heterocycles. The SMILES string of the molecule is COc1nc(N)nc2c1ncn2C1CC(COP(=O)(OC(=O)CN)Oc2ccc(Br)cc2)C1. The molecule has 0 amide bonds. The molecule has 176 valence electrons. The van der Waals surface area contributed by atoms with Gasteiger partial charge in [-0.25, -0.2) is 9.55 Å². The van der Waals surface area contributed by atoms with Crippen LogP contribution < -0.4 is 20.7 Å². The van der Waals surface area contributed by atoms with Crippen molar-refractivity contribution in [3.8, 4) is 11.6 Å². The van der Waals surface area contributed by atoms with Gasteiger partial charge in [-0.1, -0.05) is 15.9 Å². The van der Waals surface area contributed by atoms with Gasteiger partial charge in [-0.15, -0.1) is 0 Å². The lowest BCUT2D eigenvalue weighted by molar-refractivity contribution is -0.134. The number of phosphoric ester groups is 1. The number of ether oxygens (including phenoxy) is 1. The first kappa shape index (κ1) is 23.4. The first-order valence-corrected chi connectivity index (χ1v) is 12.2. The third kappa shape index (κ3) is 5.27. The van der Waals surface area contributed by atoms with Crippen molar-refractivity contribution in [3.05, 3.63) is 35.1 Å². The molecule has 0 bridgehead atoms. The number of fused-ring (bicyclic) bond motifs is 1. The maximum atomic E-state index is 13.1. The standard InChI is InChI=1S/C19H22BrN6O6P/c1-29-18-16-17(24-19(22)25-18)26(10-23-16)13-6-11(7-13)9-30-33(28,32-15(27)8-21)31-14-4-2-12(20)3-5-14/h2-5,10-11,13H,6-9,21H2,1H3,(H2,22,24,25). The van der Waals surface area contributed by atoms with Gasteiger partial charge >= 0.3 is 13.8 Å². The molecule has 2 heterocycles. The highest BCUT2D eigenvalue weighted by Gasteiger charge is 2.38. The number of hydrogen-bond donors (Lipinski definition) is 2. The van der Waals surface area contributed by atoms with Crippen LogP contribution in [0, 0.1) is 5.92 Å². The average molecular weight is 541 g/mol. The van der Waals surface area contributed by atoms with Crippen molar-refractivity contribution in [2.75, 3.05) is 26.0 Å². The van der Waals surface area contributed by atoms with E-state index in [9.17, 15) is 9.36 Å². The molecule has 12 nitrogen and oxygen atoms in total. The Morgan fingerprint density at radius 3 is 2.67 bits per heavy atom. The molecule has 4 rings (SSSR count). The Kier molecular flexibility index (Phi) is 6.84. The molecule has 0 saturated heterocycles. The van der Waals surface area contributed by atoms with Crippen molar-refractivity contribution in [2.24, 2.45) is 11.7 Å². The highest BCUT2D eigenvalue weighted by molar-refractivity contribution is 9.10. The van der Waals surface area contributed by atoms with Crippen LogP contribution in [-0.2, 0) is 18.4 Å². The zero-order chi connectivity index (χ0) is 23.6. The number of anilines is 1. The number of phosphoric acid groups is 1. The minimum absolute atomic E-state index is 0.0481. The van der Waals surface area contributed by atoms with Gasteiger partial charge in [-0.05, 0) is 43.0 Å². The number of halogens is 1. The Morgan fingerprint density at radius 1 is 1.27 bits per heavy atom. The van der Waals surface area contributed by atoms with E-state index in [4.69, 9.17) is 29.8 Å². The quantitative estimate of drug-likeness (QED) is 0.383. The molecular weight excluding hydrogens is 519 g/mol. The second kappa shape index (κ2) is 9.64. The number of nitrogens with zero attached hydrogens (tertiary/aromatic N) is 4. The molecule has 0 spiro atoms. The Balaban J connectivity index is 1.40. The number of hydrogen-bond acceptors (Lipinski definition) is 11. The first-order valence-electron chi connectivity index (χ1n) is 9.96. The number of aromatic nitrogens is 4. The van der Waals surface area contributed by atoms with Crippen molar-refractivity contribution in [1.82, 2.24) is 19.5 Å². The van der Waals surface area contributed by atoms with E-state index in [2.05, 4.69) is 30.9 Å². The summed E-state index contributed by atoms with van der Waals surface area (Å²) in [6.45, 7) is -0.389. The number of benzene rings is 1. The van der Waals surface area contributed by atoms with Crippen molar-refractivity contribution in [1.29, 1.82) is 0 Å². The van der Waals surface area contributed by atoms with Gasteiger partial charge in [0.15, 0.2) is 11.2 Å². The van der Waals surface area contributed by atoms with Crippen LogP contribution in [0.1, 0.15) is 18.9 Å². The summed E-state index contributed by atoms with van der Waals surface area (Å²) in [4.78, 5) is 24.3. The van der Waals surface area contributed by atoms with Crippen molar-refractivity contribution in [2.45, 2.75) is 18.9 Å². The molecule has 1 aromatic carbocycles. The molecule has 0 aliphatic heterocycles. The Morgan fingerprint density at radius 2 is 2.00 bits per heavy atom. The van der Waals surface area contributed by atoms with Crippen molar-refractivity contribution in [3.63, 3.8) is 0 Å². The Hall–Kier alpha value is -2.73. The van der Waals surface area contributed by atoms with E-state index in [0.29, 0.717) is 29.9 Å². The molecule has 3 aromatic rings. The number of nitrogens with two attached hydrogens (primary N) is 2. The van der Waals surface area contributed by atoms with Crippen LogP contribution in [0.3, 0.4) is 0 Å². The fourth-order valence-electron chi connectivity index (χ4n) is 3.43. The highest BCUT2D eigenvalue weighted by Crippen LogP contribution is 2.51. The summed E-state index contributed by atoms with van der Waals surface area (Å²) in [5, 5.41) is 0. The highest BCUT2D eigenvalue weighted by atomic mass is 79.9. The maximum Gasteiger partial charge on any atom is 0.589 e. The zero-order valence-electron chi connectivity index (χ0n) is 17.6. The second-order valence-electron chi connectivity index (χ2n) is 7.36.